The fourth-order valence-electron chi connectivity index (χ4n) is 4.04. The van der Waals surface area contributed by atoms with Crippen molar-refractivity contribution in [3.63, 3.8) is 0 Å². The number of carbonyl (C=O) groups is 3. The maximum atomic E-state index is 13.7. The first-order valence-corrected chi connectivity index (χ1v) is 12.6. The molecule has 9 nitrogen and oxygen atoms in total. The molecule has 0 spiro atoms. The highest BCUT2D eigenvalue weighted by molar-refractivity contribution is 7.15. The Kier molecular flexibility index (Phi) is 6.93. The summed E-state index contributed by atoms with van der Waals surface area (Å²) >= 11 is 7.41. The van der Waals surface area contributed by atoms with Crippen molar-refractivity contribution >= 4 is 51.5 Å². The molecule has 3 heterocycles. The van der Waals surface area contributed by atoms with E-state index in [0.29, 0.717) is 32.7 Å². The van der Waals surface area contributed by atoms with E-state index in [0.717, 1.165) is 10.6 Å². The van der Waals surface area contributed by atoms with Gasteiger partial charge in [-0.1, -0.05) is 41.1 Å². The van der Waals surface area contributed by atoms with E-state index in [1.54, 1.807) is 61.7 Å². The minimum atomic E-state index is -0.808. The molecule has 4 aromatic rings. The lowest BCUT2D eigenvalue weighted by atomic mass is 10.0. The average molecular weight is 533 g/mol. The second kappa shape index (κ2) is 10.5. The van der Waals surface area contributed by atoms with Gasteiger partial charge in [-0.2, -0.15) is 0 Å². The van der Waals surface area contributed by atoms with Gasteiger partial charge in [0.25, 0.3) is 11.8 Å². The minimum Gasteiger partial charge on any atom is -0.323 e. The molecule has 0 aliphatic carbocycles. The van der Waals surface area contributed by atoms with E-state index in [9.17, 15) is 14.4 Å². The second-order valence-electron chi connectivity index (χ2n) is 8.43. The molecular weight excluding hydrogens is 512 g/mol. The first-order valence-electron chi connectivity index (χ1n) is 11.4. The van der Waals surface area contributed by atoms with Crippen LogP contribution >= 0.6 is 22.9 Å². The van der Waals surface area contributed by atoms with Crippen molar-refractivity contribution in [2.75, 3.05) is 10.6 Å². The summed E-state index contributed by atoms with van der Waals surface area (Å²) in [6, 6.07) is 16.3. The number of aryl methyl sites for hydroxylation is 1. The van der Waals surface area contributed by atoms with Crippen LogP contribution in [0.15, 0.2) is 66.9 Å². The highest BCUT2D eigenvalue weighted by Gasteiger charge is 2.36. The van der Waals surface area contributed by atoms with Crippen LogP contribution in [0.25, 0.3) is 0 Å². The van der Waals surface area contributed by atoms with Gasteiger partial charge in [-0.05, 0) is 55.0 Å². The summed E-state index contributed by atoms with van der Waals surface area (Å²) in [5.41, 5.74) is 2.59. The maximum Gasteiger partial charge on any atom is 0.257 e. The van der Waals surface area contributed by atoms with E-state index in [2.05, 4.69) is 25.8 Å². The molecule has 0 bridgehead atoms. The third-order valence-corrected chi connectivity index (χ3v) is 6.84. The number of fused-ring (bicyclic) bond motifs is 1. The third kappa shape index (κ3) is 5.50. The highest BCUT2D eigenvalue weighted by atomic mass is 35.5. The summed E-state index contributed by atoms with van der Waals surface area (Å²) in [6.07, 6.45) is 1.89. The normalized spacial score (nSPS) is 15.1. The first kappa shape index (κ1) is 24.5. The summed E-state index contributed by atoms with van der Waals surface area (Å²) in [5.74, 6) is -0.950. The summed E-state index contributed by atoms with van der Waals surface area (Å²) in [7, 11) is 0. The Hall–Kier alpha value is -4.15. The van der Waals surface area contributed by atoms with Gasteiger partial charge < -0.3 is 10.2 Å². The summed E-state index contributed by atoms with van der Waals surface area (Å²) < 4.78 is 0. The van der Waals surface area contributed by atoms with E-state index < -0.39 is 6.04 Å². The number of hydrogen-bond acceptors (Lipinski definition) is 7. The standard InChI is InChI=1S/C26H21ClN6O3S/c1-15-31-32-26(37-15)30-23(34)17-7-5-16(6-8-17)14-33-22(13-19-4-2-3-11-28-19)24(35)29-21-12-18(27)9-10-20(21)25(33)36/h2-12,22H,13-14H2,1H3,(H,29,35)(H,30,32,34). The summed E-state index contributed by atoms with van der Waals surface area (Å²) in [5, 5.41) is 15.0. The van der Waals surface area contributed by atoms with Crippen molar-refractivity contribution < 1.29 is 14.4 Å². The maximum absolute atomic E-state index is 13.7. The number of nitrogens with zero attached hydrogens (tertiary/aromatic N) is 4. The summed E-state index contributed by atoms with van der Waals surface area (Å²) in [4.78, 5) is 45.4. The van der Waals surface area contributed by atoms with Crippen LogP contribution in [-0.4, -0.2) is 43.8 Å². The fraction of sp³-hybridized carbons (Fsp3) is 0.154. The molecule has 1 aliphatic rings. The molecule has 3 amide bonds. The number of rotatable bonds is 6. The van der Waals surface area contributed by atoms with E-state index in [-0.39, 0.29) is 30.7 Å². The number of benzene rings is 2. The molecule has 1 unspecified atom stereocenters. The molecule has 5 rings (SSSR count). The monoisotopic (exact) mass is 532 g/mol. The number of carbonyl (C=O) groups excluding carboxylic acids is 3. The van der Waals surface area contributed by atoms with Gasteiger partial charge >= 0.3 is 0 Å². The number of anilines is 2. The van der Waals surface area contributed by atoms with E-state index in [1.165, 1.54) is 16.2 Å². The zero-order chi connectivity index (χ0) is 25.9. The molecule has 2 aromatic carbocycles. The molecule has 186 valence electrons. The van der Waals surface area contributed by atoms with Gasteiger partial charge in [0.1, 0.15) is 11.0 Å². The van der Waals surface area contributed by atoms with E-state index >= 15 is 0 Å². The SMILES string of the molecule is Cc1nnc(NC(=O)c2ccc(CN3C(=O)c4ccc(Cl)cc4NC(=O)C3Cc3ccccn3)cc2)s1. The molecule has 2 N–H and O–H groups in total. The van der Waals surface area contributed by atoms with Gasteiger partial charge in [0.15, 0.2) is 0 Å². The Labute approximate surface area is 221 Å². The van der Waals surface area contributed by atoms with Crippen LogP contribution < -0.4 is 10.6 Å². The van der Waals surface area contributed by atoms with Crippen molar-refractivity contribution in [2.45, 2.75) is 25.9 Å². The molecule has 0 fully saturated rings. The van der Waals surface area contributed by atoms with Crippen LogP contribution in [-0.2, 0) is 17.8 Å². The van der Waals surface area contributed by atoms with E-state index in [1.807, 2.05) is 12.1 Å². The van der Waals surface area contributed by atoms with Gasteiger partial charge in [0, 0.05) is 35.4 Å². The molecule has 11 heteroatoms. The second-order valence-corrected chi connectivity index (χ2v) is 10.0. The van der Waals surface area contributed by atoms with Crippen LogP contribution in [0.3, 0.4) is 0 Å². The lowest BCUT2D eigenvalue weighted by Gasteiger charge is -2.28. The number of hydrogen-bond donors (Lipinski definition) is 2. The van der Waals surface area contributed by atoms with Gasteiger partial charge in [-0.3, -0.25) is 24.7 Å². The average Bonchev–Trinajstić information content (AvgIpc) is 3.27. The van der Waals surface area contributed by atoms with Crippen molar-refractivity contribution in [2.24, 2.45) is 0 Å². The molecule has 37 heavy (non-hydrogen) atoms. The number of nitrogens with one attached hydrogen (secondary N) is 2. The predicted octanol–water partition coefficient (Wildman–Crippen LogP) is 4.35. The number of pyridine rings is 1. The Bertz CT molecular complexity index is 1480. The third-order valence-electron chi connectivity index (χ3n) is 5.85. The first-order chi connectivity index (χ1) is 17.9. The lowest BCUT2D eigenvalue weighted by Crippen LogP contribution is -2.46. The van der Waals surface area contributed by atoms with Gasteiger partial charge in [0.2, 0.25) is 11.0 Å². The molecule has 1 aliphatic heterocycles. The van der Waals surface area contributed by atoms with E-state index in [4.69, 9.17) is 11.6 Å². The number of amides is 3. The Balaban J connectivity index is 1.42. The van der Waals surface area contributed by atoms with Crippen molar-refractivity contribution in [3.8, 4) is 0 Å². The zero-order valence-corrected chi connectivity index (χ0v) is 21.2. The number of aromatic nitrogens is 3. The fourth-order valence-corrected chi connectivity index (χ4v) is 4.80. The van der Waals surface area contributed by atoms with Crippen molar-refractivity contribution in [1.29, 1.82) is 0 Å². The Morgan fingerprint density at radius 1 is 1.11 bits per heavy atom. The van der Waals surface area contributed by atoms with Crippen LogP contribution in [0.4, 0.5) is 10.8 Å². The molecular formula is C26H21ClN6O3S. The van der Waals surface area contributed by atoms with Crippen LogP contribution in [0, 0.1) is 6.92 Å². The van der Waals surface area contributed by atoms with Crippen molar-refractivity contribution in [3.05, 3.63) is 99.3 Å². The molecule has 1 atom stereocenters. The van der Waals surface area contributed by atoms with Gasteiger partial charge in [-0.15, -0.1) is 10.2 Å². The summed E-state index contributed by atoms with van der Waals surface area (Å²) in [6.45, 7) is 1.96. The van der Waals surface area contributed by atoms with Crippen LogP contribution in [0.1, 0.15) is 37.0 Å². The molecule has 0 radical (unpaired) electrons. The quantitative estimate of drug-likeness (QED) is 0.381. The molecule has 0 saturated heterocycles. The zero-order valence-electron chi connectivity index (χ0n) is 19.6. The van der Waals surface area contributed by atoms with Crippen molar-refractivity contribution in [1.82, 2.24) is 20.1 Å². The van der Waals surface area contributed by atoms with Gasteiger partial charge in [0.05, 0.1) is 11.3 Å². The van der Waals surface area contributed by atoms with Crippen LogP contribution in [0.5, 0.6) is 0 Å². The Morgan fingerprint density at radius 3 is 2.62 bits per heavy atom. The molecule has 2 aromatic heterocycles. The minimum absolute atomic E-state index is 0.156. The lowest BCUT2D eigenvalue weighted by molar-refractivity contribution is -0.120. The largest absolute Gasteiger partial charge is 0.323 e. The molecule has 0 saturated carbocycles. The number of halogens is 1. The van der Waals surface area contributed by atoms with Gasteiger partial charge in [-0.25, -0.2) is 0 Å². The predicted molar refractivity (Wildman–Crippen MR) is 141 cm³/mol. The smallest absolute Gasteiger partial charge is 0.257 e. The van der Waals surface area contributed by atoms with Crippen LogP contribution in [0.2, 0.25) is 5.02 Å². The topological polar surface area (TPSA) is 117 Å². The Morgan fingerprint density at radius 2 is 1.92 bits per heavy atom. The highest BCUT2D eigenvalue weighted by Crippen LogP contribution is 2.28.